The number of rotatable bonds is 0. The van der Waals surface area contributed by atoms with Gasteiger partial charge in [-0.3, -0.25) is 4.90 Å². The number of benzene rings is 1. The van der Waals surface area contributed by atoms with Gasteiger partial charge in [0.25, 0.3) is 0 Å². The van der Waals surface area contributed by atoms with Gasteiger partial charge in [0.2, 0.25) is 0 Å². The van der Waals surface area contributed by atoms with Crippen molar-refractivity contribution < 1.29 is 0 Å². The molecule has 2 N–H and O–H groups in total. The number of hydrogen-bond donors (Lipinski definition) is 1. The molecule has 2 nitrogen and oxygen atoms in total. The van der Waals surface area contributed by atoms with Gasteiger partial charge < -0.3 is 5.73 Å². The van der Waals surface area contributed by atoms with E-state index in [0.717, 1.165) is 24.2 Å². The van der Waals surface area contributed by atoms with E-state index < -0.39 is 0 Å². The molecule has 0 amide bonds. The highest BCUT2D eigenvalue weighted by Crippen LogP contribution is 2.32. The number of hydrogen-bond acceptors (Lipinski definition) is 2. The quantitative estimate of drug-likeness (QED) is 0.391. The van der Waals surface area contributed by atoms with Gasteiger partial charge in [-0.1, -0.05) is 6.07 Å². The molecule has 1 aromatic rings. The average molecular weight is 197 g/mol. The summed E-state index contributed by atoms with van der Waals surface area (Å²) in [5.41, 5.74) is 8.97. The normalized spacial score (nSPS) is 22.8. The van der Waals surface area contributed by atoms with Crippen LogP contribution >= 0.6 is 11.6 Å². The number of nitrogens with two attached hydrogens (primary N) is 1. The zero-order valence-corrected chi connectivity index (χ0v) is 8.38. The van der Waals surface area contributed by atoms with Crippen molar-refractivity contribution in [2.45, 2.75) is 11.9 Å². The molecule has 0 unspecified atom stereocenters. The molecule has 0 saturated heterocycles. The van der Waals surface area contributed by atoms with E-state index in [1.54, 1.807) is 0 Å². The molecule has 0 bridgehead atoms. The molecule has 0 aliphatic carbocycles. The number of nitrogens with zero attached hydrogens (tertiary/aromatic N) is 1. The maximum absolute atomic E-state index is 6.24. The Kier molecular flexibility index (Phi) is 2.18. The Labute approximate surface area is 83.3 Å². The molecule has 1 atom stereocenters. The molecule has 0 radical (unpaired) electrons. The molecule has 1 aliphatic rings. The van der Waals surface area contributed by atoms with Gasteiger partial charge in [0, 0.05) is 12.2 Å². The number of likely N-dealkylation sites (N-methyl/N-ethyl adjacent to an activating group) is 1. The van der Waals surface area contributed by atoms with E-state index in [4.69, 9.17) is 17.3 Å². The lowest BCUT2D eigenvalue weighted by Gasteiger charge is -2.30. The van der Waals surface area contributed by atoms with Gasteiger partial charge in [0.15, 0.2) is 0 Å². The van der Waals surface area contributed by atoms with Crippen LogP contribution in [0.4, 0.5) is 5.69 Å². The van der Waals surface area contributed by atoms with Crippen LogP contribution in [0.25, 0.3) is 0 Å². The summed E-state index contributed by atoms with van der Waals surface area (Å²) < 4.78 is 0. The van der Waals surface area contributed by atoms with Crippen molar-refractivity contribution in [3.63, 3.8) is 0 Å². The van der Waals surface area contributed by atoms with Crippen molar-refractivity contribution in [1.82, 2.24) is 4.90 Å². The van der Waals surface area contributed by atoms with Gasteiger partial charge in [-0.25, -0.2) is 0 Å². The minimum absolute atomic E-state index is 0.0211. The molecule has 1 aromatic carbocycles. The van der Waals surface area contributed by atoms with Crippen molar-refractivity contribution in [1.29, 1.82) is 0 Å². The molecular weight excluding hydrogens is 184 g/mol. The summed E-state index contributed by atoms with van der Waals surface area (Å²) in [6, 6.07) is 5.99. The maximum atomic E-state index is 6.24. The Morgan fingerprint density at radius 3 is 3.08 bits per heavy atom. The van der Waals surface area contributed by atoms with Crippen LogP contribution in [0.3, 0.4) is 0 Å². The van der Waals surface area contributed by atoms with E-state index in [9.17, 15) is 0 Å². The summed E-state index contributed by atoms with van der Waals surface area (Å²) in [6.07, 6.45) is 1.06. The minimum Gasteiger partial charge on any atom is -0.399 e. The molecule has 1 heterocycles. The van der Waals surface area contributed by atoms with Gasteiger partial charge in [-0.2, -0.15) is 0 Å². The van der Waals surface area contributed by atoms with Gasteiger partial charge in [0.1, 0.15) is 5.50 Å². The molecule has 2 rings (SSSR count). The van der Waals surface area contributed by atoms with Crippen LogP contribution in [-0.4, -0.2) is 18.5 Å². The lowest BCUT2D eigenvalue weighted by atomic mass is 9.99. The summed E-state index contributed by atoms with van der Waals surface area (Å²) in [5, 5.41) is 0. The first-order chi connectivity index (χ1) is 6.18. The van der Waals surface area contributed by atoms with Crippen molar-refractivity contribution in [2.24, 2.45) is 0 Å². The lowest BCUT2D eigenvalue weighted by Crippen LogP contribution is -2.29. The van der Waals surface area contributed by atoms with E-state index in [1.807, 2.05) is 19.2 Å². The van der Waals surface area contributed by atoms with Gasteiger partial charge in [-0.05, 0) is 36.7 Å². The Balaban J connectivity index is 2.45. The SMILES string of the molecule is CN1CCc2ccc(N)cc2[C@@H]1Cl. The third-order valence-corrected chi connectivity index (χ3v) is 3.12. The molecule has 0 saturated carbocycles. The molecular formula is C10H13ClN2. The summed E-state index contributed by atoms with van der Waals surface area (Å²) in [7, 11) is 2.03. The second-order valence-electron chi connectivity index (χ2n) is 3.52. The number of fused-ring (bicyclic) bond motifs is 1. The van der Waals surface area contributed by atoms with Crippen LogP contribution in [-0.2, 0) is 6.42 Å². The largest absolute Gasteiger partial charge is 0.399 e. The fourth-order valence-electron chi connectivity index (χ4n) is 1.71. The average Bonchev–Trinajstić information content (AvgIpc) is 2.12. The first-order valence-electron chi connectivity index (χ1n) is 4.41. The first-order valence-corrected chi connectivity index (χ1v) is 4.85. The lowest BCUT2D eigenvalue weighted by molar-refractivity contribution is 0.298. The Morgan fingerprint density at radius 2 is 2.31 bits per heavy atom. The van der Waals surface area contributed by atoms with E-state index in [1.165, 1.54) is 5.56 Å². The van der Waals surface area contributed by atoms with Crippen LogP contribution < -0.4 is 5.73 Å². The molecule has 0 aromatic heterocycles. The van der Waals surface area contributed by atoms with Crippen molar-refractivity contribution >= 4 is 17.3 Å². The van der Waals surface area contributed by atoms with Crippen molar-refractivity contribution in [2.75, 3.05) is 19.3 Å². The van der Waals surface area contributed by atoms with Gasteiger partial charge >= 0.3 is 0 Å². The Hall–Kier alpha value is -0.730. The van der Waals surface area contributed by atoms with Crippen molar-refractivity contribution in [3.8, 4) is 0 Å². The Morgan fingerprint density at radius 1 is 1.54 bits per heavy atom. The minimum atomic E-state index is -0.0211. The summed E-state index contributed by atoms with van der Waals surface area (Å²) in [4.78, 5) is 2.13. The topological polar surface area (TPSA) is 29.3 Å². The predicted octanol–water partition coefficient (Wildman–Crippen LogP) is 1.99. The van der Waals surface area contributed by atoms with Crippen LogP contribution in [0.1, 0.15) is 16.6 Å². The van der Waals surface area contributed by atoms with Crippen molar-refractivity contribution in [3.05, 3.63) is 29.3 Å². The van der Waals surface area contributed by atoms with Crippen LogP contribution in [0, 0.1) is 0 Å². The number of nitrogen functional groups attached to an aromatic ring is 1. The fourth-order valence-corrected chi connectivity index (χ4v) is 2.01. The number of alkyl halides is 1. The summed E-state index contributed by atoms with van der Waals surface area (Å²) in [5.74, 6) is 0. The molecule has 0 fully saturated rings. The maximum Gasteiger partial charge on any atom is 0.111 e. The number of anilines is 1. The molecule has 1 aliphatic heterocycles. The summed E-state index contributed by atoms with van der Waals surface area (Å²) in [6.45, 7) is 1.02. The van der Waals surface area contributed by atoms with Crippen LogP contribution in [0.2, 0.25) is 0 Å². The first kappa shape index (κ1) is 8.85. The van der Waals surface area contributed by atoms with Crippen LogP contribution in [0.15, 0.2) is 18.2 Å². The second-order valence-corrected chi connectivity index (χ2v) is 3.94. The predicted molar refractivity (Wildman–Crippen MR) is 55.8 cm³/mol. The third kappa shape index (κ3) is 1.52. The summed E-state index contributed by atoms with van der Waals surface area (Å²) >= 11 is 6.24. The van der Waals surface area contributed by atoms with Gasteiger partial charge in [-0.15, -0.1) is 11.6 Å². The zero-order valence-electron chi connectivity index (χ0n) is 7.63. The van der Waals surface area contributed by atoms with Crippen LogP contribution in [0.5, 0.6) is 0 Å². The highest BCUT2D eigenvalue weighted by Gasteiger charge is 2.22. The molecule has 13 heavy (non-hydrogen) atoms. The third-order valence-electron chi connectivity index (χ3n) is 2.55. The van der Waals surface area contributed by atoms with E-state index in [0.29, 0.717) is 0 Å². The molecule has 0 spiro atoms. The molecule has 70 valence electrons. The highest BCUT2D eigenvalue weighted by molar-refractivity contribution is 6.20. The van der Waals surface area contributed by atoms with E-state index in [2.05, 4.69) is 11.0 Å². The smallest absolute Gasteiger partial charge is 0.111 e. The van der Waals surface area contributed by atoms with Gasteiger partial charge in [0.05, 0.1) is 0 Å². The zero-order chi connectivity index (χ0) is 9.42. The van der Waals surface area contributed by atoms with E-state index >= 15 is 0 Å². The monoisotopic (exact) mass is 196 g/mol. The molecule has 3 heteroatoms. The fraction of sp³-hybridized carbons (Fsp3) is 0.400. The standard InChI is InChI=1S/C10H13ClN2/c1-13-5-4-7-2-3-8(12)6-9(7)10(13)11/h2-3,6,10H,4-5,12H2,1H3/t10-/m1/s1. The second kappa shape index (κ2) is 3.20. The highest BCUT2D eigenvalue weighted by atomic mass is 35.5. The van der Waals surface area contributed by atoms with E-state index in [-0.39, 0.29) is 5.50 Å². The number of halogens is 1. The Bertz CT molecular complexity index is 325.